The fourth-order valence-corrected chi connectivity index (χ4v) is 3.03. The van der Waals surface area contributed by atoms with Crippen molar-refractivity contribution in [2.75, 3.05) is 5.32 Å². The summed E-state index contributed by atoms with van der Waals surface area (Å²) >= 11 is 0. The minimum Gasteiger partial charge on any atom is -0.389 e. The van der Waals surface area contributed by atoms with Crippen molar-refractivity contribution in [3.63, 3.8) is 0 Å². The number of hydrogen-bond donors (Lipinski definition) is 2. The molecule has 2 rings (SSSR count). The van der Waals surface area contributed by atoms with E-state index in [4.69, 9.17) is 0 Å². The highest BCUT2D eigenvalue weighted by Gasteiger charge is 2.60. The molecular formula is C18H25NO2. The van der Waals surface area contributed by atoms with E-state index in [2.05, 4.69) is 39.1 Å². The van der Waals surface area contributed by atoms with E-state index in [1.165, 1.54) is 5.57 Å². The molecule has 0 heterocycles. The smallest absolute Gasteiger partial charge is 0.228 e. The monoisotopic (exact) mass is 287 g/mol. The number of carbonyl (C=O) groups excluding carboxylic acids is 1. The molecule has 0 bridgehead atoms. The van der Waals surface area contributed by atoms with Crippen molar-refractivity contribution < 1.29 is 9.90 Å². The summed E-state index contributed by atoms with van der Waals surface area (Å²) in [5, 5.41) is 12.8. The number of allylic oxidation sites excluding steroid dienone is 2. The third kappa shape index (κ3) is 3.18. The second-order valence-electron chi connectivity index (χ2n) is 6.82. The largest absolute Gasteiger partial charge is 0.389 e. The quantitative estimate of drug-likeness (QED) is 0.825. The molecule has 1 amide bonds. The minimum absolute atomic E-state index is 0.00112. The summed E-state index contributed by atoms with van der Waals surface area (Å²) in [6.07, 6.45) is 1.59. The lowest BCUT2D eigenvalue weighted by Crippen LogP contribution is -2.18. The molecule has 1 aliphatic rings. The van der Waals surface area contributed by atoms with Gasteiger partial charge in [0.1, 0.15) is 0 Å². The highest BCUT2D eigenvalue weighted by atomic mass is 16.3. The maximum atomic E-state index is 12.5. The molecule has 3 heteroatoms. The third-order valence-electron chi connectivity index (χ3n) is 4.37. The van der Waals surface area contributed by atoms with Crippen molar-refractivity contribution in [3.05, 3.63) is 41.5 Å². The second kappa shape index (κ2) is 5.64. The molecule has 114 valence electrons. The van der Waals surface area contributed by atoms with Crippen molar-refractivity contribution in [2.45, 2.75) is 40.7 Å². The molecule has 0 spiro atoms. The molecule has 21 heavy (non-hydrogen) atoms. The second-order valence-corrected chi connectivity index (χ2v) is 6.82. The molecule has 3 atom stereocenters. The van der Waals surface area contributed by atoms with Crippen molar-refractivity contribution in [1.82, 2.24) is 0 Å². The first-order valence-electron chi connectivity index (χ1n) is 7.48. The average molecular weight is 287 g/mol. The van der Waals surface area contributed by atoms with Crippen LogP contribution in [-0.2, 0) is 4.79 Å². The SMILES string of the molecule is CC(C)=CC1C(C(=O)Nc2ccccc2C(C)O)C1(C)C. The topological polar surface area (TPSA) is 49.3 Å². The van der Waals surface area contributed by atoms with Gasteiger partial charge in [-0.1, -0.05) is 43.7 Å². The first kappa shape index (κ1) is 15.8. The van der Waals surface area contributed by atoms with Crippen LogP contribution in [0.25, 0.3) is 0 Å². The Morgan fingerprint density at radius 2 is 1.95 bits per heavy atom. The number of para-hydroxylation sites is 1. The highest BCUT2D eigenvalue weighted by molar-refractivity contribution is 5.96. The Morgan fingerprint density at radius 1 is 1.33 bits per heavy atom. The zero-order valence-corrected chi connectivity index (χ0v) is 13.5. The van der Waals surface area contributed by atoms with Gasteiger partial charge in [-0.15, -0.1) is 0 Å². The van der Waals surface area contributed by atoms with E-state index in [-0.39, 0.29) is 17.2 Å². The maximum Gasteiger partial charge on any atom is 0.228 e. The van der Waals surface area contributed by atoms with Crippen molar-refractivity contribution in [2.24, 2.45) is 17.3 Å². The van der Waals surface area contributed by atoms with Gasteiger partial charge in [-0.25, -0.2) is 0 Å². The Balaban J connectivity index is 2.15. The van der Waals surface area contributed by atoms with Gasteiger partial charge in [0.05, 0.1) is 12.0 Å². The molecule has 2 N–H and O–H groups in total. The van der Waals surface area contributed by atoms with Crippen LogP contribution in [0.4, 0.5) is 5.69 Å². The minimum atomic E-state index is -0.595. The summed E-state index contributed by atoms with van der Waals surface area (Å²) in [7, 11) is 0. The first-order valence-corrected chi connectivity index (χ1v) is 7.48. The van der Waals surface area contributed by atoms with Crippen LogP contribution in [0.1, 0.15) is 46.3 Å². The summed E-state index contributed by atoms with van der Waals surface area (Å²) in [5.41, 5.74) is 2.70. The van der Waals surface area contributed by atoms with Gasteiger partial charge in [0.15, 0.2) is 0 Å². The van der Waals surface area contributed by atoms with Crippen molar-refractivity contribution in [1.29, 1.82) is 0 Å². The zero-order valence-electron chi connectivity index (χ0n) is 13.5. The van der Waals surface area contributed by atoms with Crippen LogP contribution in [0.5, 0.6) is 0 Å². The Bertz CT molecular complexity index is 568. The summed E-state index contributed by atoms with van der Waals surface area (Å²) in [6, 6.07) is 7.41. The summed E-state index contributed by atoms with van der Waals surface area (Å²) in [6.45, 7) is 10.1. The number of aliphatic hydroxyl groups is 1. The van der Waals surface area contributed by atoms with E-state index >= 15 is 0 Å². The molecule has 0 aromatic heterocycles. The number of hydrogen-bond acceptors (Lipinski definition) is 2. The zero-order chi connectivity index (χ0) is 15.8. The number of rotatable bonds is 4. The molecule has 1 aliphatic carbocycles. The van der Waals surface area contributed by atoms with Gasteiger partial charge in [-0.2, -0.15) is 0 Å². The van der Waals surface area contributed by atoms with Gasteiger partial charge in [-0.3, -0.25) is 4.79 Å². The molecule has 1 aromatic carbocycles. The van der Waals surface area contributed by atoms with E-state index in [1.54, 1.807) is 6.92 Å². The van der Waals surface area contributed by atoms with E-state index in [0.717, 1.165) is 5.56 Å². The van der Waals surface area contributed by atoms with Crippen LogP contribution in [0.2, 0.25) is 0 Å². The van der Waals surface area contributed by atoms with Gasteiger partial charge in [-0.05, 0) is 38.2 Å². The van der Waals surface area contributed by atoms with Crippen LogP contribution in [0.15, 0.2) is 35.9 Å². The van der Waals surface area contributed by atoms with Gasteiger partial charge < -0.3 is 10.4 Å². The normalized spacial score (nSPS) is 24.1. The van der Waals surface area contributed by atoms with Gasteiger partial charge in [0.25, 0.3) is 0 Å². The Kier molecular flexibility index (Phi) is 4.24. The number of aliphatic hydroxyl groups excluding tert-OH is 1. The average Bonchev–Trinajstić information content (AvgIpc) is 2.90. The van der Waals surface area contributed by atoms with Gasteiger partial charge in [0, 0.05) is 11.3 Å². The Morgan fingerprint density at radius 3 is 2.52 bits per heavy atom. The molecule has 3 nitrogen and oxygen atoms in total. The third-order valence-corrected chi connectivity index (χ3v) is 4.37. The number of carbonyl (C=O) groups is 1. The standard InChI is InChI=1S/C18H25NO2/c1-11(2)10-14-16(18(14,4)5)17(21)19-15-9-7-6-8-13(15)12(3)20/h6-10,12,14,16,20H,1-5H3,(H,19,21). The van der Waals surface area contributed by atoms with Crippen LogP contribution in [0, 0.1) is 17.3 Å². The molecule has 0 saturated heterocycles. The van der Waals surface area contributed by atoms with E-state index in [1.807, 2.05) is 24.3 Å². The van der Waals surface area contributed by atoms with Crippen LogP contribution in [0.3, 0.4) is 0 Å². The Hall–Kier alpha value is -1.61. The first-order chi connectivity index (χ1) is 9.75. The predicted octanol–water partition coefficient (Wildman–Crippen LogP) is 3.92. The van der Waals surface area contributed by atoms with Crippen LogP contribution < -0.4 is 5.32 Å². The molecule has 1 saturated carbocycles. The van der Waals surface area contributed by atoms with E-state index in [9.17, 15) is 9.90 Å². The Labute approximate surface area is 127 Å². The van der Waals surface area contributed by atoms with Gasteiger partial charge >= 0.3 is 0 Å². The fourth-order valence-electron chi connectivity index (χ4n) is 3.03. The molecular weight excluding hydrogens is 262 g/mol. The van der Waals surface area contributed by atoms with Crippen LogP contribution in [-0.4, -0.2) is 11.0 Å². The lowest BCUT2D eigenvalue weighted by Gasteiger charge is -2.13. The molecule has 1 aromatic rings. The molecule has 0 aliphatic heterocycles. The van der Waals surface area contributed by atoms with Gasteiger partial charge in [0.2, 0.25) is 5.91 Å². The number of nitrogens with one attached hydrogen (secondary N) is 1. The van der Waals surface area contributed by atoms with E-state index in [0.29, 0.717) is 11.6 Å². The lowest BCUT2D eigenvalue weighted by molar-refractivity contribution is -0.118. The predicted molar refractivity (Wildman–Crippen MR) is 85.9 cm³/mol. The van der Waals surface area contributed by atoms with Crippen LogP contribution >= 0.6 is 0 Å². The molecule has 0 radical (unpaired) electrons. The molecule has 1 fully saturated rings. The fraction of sp³-hybridized carbons (Fsp3) is 0.500. The summed E-state index contributed by atoms with van der Waals surface area (Å²) < 4.78 is 0. The summed E-state index contributed by atoms with van der Waals surface area (Å²) in [5.74, 6) is 0.325. The number of anilines is 1. The summed E-state index contributed by atoms with van der Waals surface area (Å²) in [4.78, 5) is 12.5. The van der Waals surface area contributed by atoms with E-state index < -0.39 is 6.10 Å². The maximum absolute atomic E-state index is 12.5. The number of amides is 1. The number of benzene rings is 1. The van der Waals surface area contributed by atoms with Crippen molar-refractivity contribution in [3.8, 4) is 0 Å². The molecule has 3 unspecified atom stereocenters. The highest BCUT2D eigenvalue weighted by Crippen LogP contribution is 2.59. The van der Waals surface area contributed by atoms with Crippen molar-refractivity contribution >= 4 is 11.6 Å². The lowest BCUT2D eigenvalue weighted by atomic mass is 10.1.